The molecule has 4 nitrogen and oxygen atoms in total. The molecule has 2 rings (SSSR count). The molecular formula is C19H18BrN3O. The van der Waals surface area contributed by atoms with Gasteiger partial charge in [-0.1, -0.05) is 58.4 Å². The van der Waals surface area contributed by atoms with E-state index in [0.717, 1.165) is 16.5 Å². The lowest BCUT2D eigenvalue weighted by atomic mass is 10.1. The van der Waals surface area contributed by atoms with Crippen molar-refractivity contribution in [3.05, 3.63) is 82.0 Å². The minimum absolute atomic E-state index is 0.0696. The molecule has 0 aromatic heterocycles. The van der Waals surface area contributed by atoms with Crippen LogP contribution in [0.5, 0.6) is 0 Å². The fourth-order valence-corrected chi connectivity index (χ4v) is 2.55. The van der Waals surface area contributed by atoms with Gasteiger partial charge in [-0.3, -0.25) is 4.79 Å². The standard InChI is InChI=1S/C19H18BrN3O/c20-18-8-4-7-15(11-18)9-10-22-14-17(12-21)19(24)23-13-16-5-2-1-3-6-16/h1-8,11,14,22H,9-10,13H2,(H,23,24)/b17-14-. The third-order valence-corrected chi connectivity index (χ3v) is 3.85. The van der Waals surface area contributed by atoms with E-state index in [0.29, 0.717) is 13.1 Å². The maximum Gasteiger partial charge on any atom is 0.263 e. The molecule has 24 heavy (non-hydrogen) atoms. The molecule has 0 saturated carbocycles. The first-order valence-corrected chi connectivity index (χ1v) is 8.38. The predicted octanol–water partition coefficient (Wildman–Crippen LogP) is 3.31. The largest absolute Gasteiger partial charge is 0.389 e. The molecular weight excluding hydrogens is 366 g/mol. The highest BCUT2D eigenvalue weighted by Crippen LogP contribution is 2.11. The van der Waals surface area contributed by atoms with Gasteiger partial charge in [0.2, 0.25) is 0 Å². The summed E-state index contributed by atoms with van der Waals surface area (Å²) >= 11 is 3.43. The lowest BCUT2D eigenvalue weighted by Crippen LogP contribution is -2.25. The van der Waals surface area contributed by atoms with Crippen LogP contribution in [-0.4, -0.2) is 12.5 Å². The Morgan fingerprint density at radius 2 is 1.88 bits per heavy atom. The maximum absolute atomic E-state index is 12.0. The average Bonchev–Trinajstić information content (AvgIpc) is 2.61. The normalized spacial score (nSPS) is 10.8. The summed E-state index contributed by atoms with van der Waals surface area (Å²) in [6.07, 6.45) is 2.28. The SMILES string of the molecule is N#C/C(=C/NCCc1cccc(Br)c1)C(=O)NCc1ccccc1. The summed E-state index contributed by atoms with van der Waals surface area (Å²) in [6.45, 7) is 1.05. The summed E-state index contributed by atoms with van der Waals surface area (Å²) in [6, 6.07) is 19.5. The molecule has 0 heterocycles. The van der Waals surface area contributed by atoms with Gasteiger partial charge in [0, 0.05) is 23.8 Å². The zero-order chi connectivity index (χ0) is 17.2. The molecule has 0 atom stereocenters. The van der Waals surface area contributed by atoms with Crippen molar-refractivity contribution >= 4 is 21.8 Å². The fraction of sp³-hybridized carbons (Fsp3) is 0.158. The molecule has 0 spiro atoms. The van der Waals surface area contributed by atoms with Gasteiger partial charge < -0.3 is 10.6 Å². The van der Waals surface area contributed by atoms with E-state index >= 15 is 0 Å². The van der Waals surface area contributed by atoms with Crippen LogP contribution in [0.15, 0.2) is 70.8 Å². The Morgan fingerprint density at radius 1 is 1.12 bits per heavy atom. The second kappa shape index (κ2) is 9.53. The van der Waals surface area contributed by atoms with Gasteiger partial charge in [-0.15, -0.1) is 0 Å². The van der Waals surface area contributed by atoms with Gasteiger partial charge >= 0.3 is 0 Å². The van der Waals surface area contributed by atoms with Crippen LogP contribution in [0.2, 0.25) is 0 Å². The van der Waals surface area contributed by atoms with Gasteiger partial charge in [0.25, 0.3) is 5.91 Å². The van der Waals surface area contributed by atoms with E-state index < -0.39 is 0 Å². The lowest BCUT2D eigenvalue weighted by Gasteiger charge is -2.06. The van der Waals surface area contributed by atoms with E-state index in [-0.39, 0.29) is 11.5 Å². The average molecular weight is 384 g/mol. The monoisotopic (exact) mass is 383 g/mol. The first-order chi connectivity index (χ1) is 11.7. The molecule has 0 bridgehead atoms. The van der Waals surface area contributed by atoms with Gasteiger partial charge in [-0.2, -0.15) is 5.26 Å². The molecule has 122 valence electrons. The highest BCUT2D eigenvalue weighted by molar-refractivity contribution is 9.10. The van der Waals surface area contributed by atoms with Crippen LogP contribution in [-0.2, 0) is 17.8 Å². The smallest absolute Gasteiger partial charge is 0.263 e. The van der Waals surface area contributed by atoms with Gasteiger partial charge in [-0.25, -0.2) is 0 Å². The number of hydrogen-bond acceptors (Lipinski definition) is 3. The Kier molecular flexibility index (Phi) is 7.06. The van der Waals surface area contributed by atoms with Gasteiger partial charge in [0.15, 0.2) is 0 Å². The van der Waals surface area contributed by atoms with Crippen molar-refractivity contribution in [3.63, 3.8) is 0 Å². The molecule has 0 aliphatic heterocycles. The summed E-state index contributed by atoms with van der Waals surface area (Å²) in [5.74, 6) is -0.378. The second-order valence-corrected chi connectivity index (χ2v) is 6.09. The molecule has 2 N–H and O–H groups in total. The molecule has 1 amide bonds. The van der Waals surface area contributed by atoms with E-state index in [9.17, 15) is 4.79 Å². The summed E-state index contributed by atoms with van der Waals surface area (Å²) in [5.41, 5.74) is 2.24. The Bertz CT molecular complexity index is 751. The highest BCUT2D eigenvalue weighted by Gasteiger charge is 2.07. The van der Waals surface area contributed by atoms with Crippen molar-refractivity contribution in [2.24, 2.45) is 0 Å². The van der Waals surface area contributed by atoms with Crippen LogP contribution < -0.4 is 10.6 Å². The van der Waals surface area contributed by atoms with Crippen LogP contribution in [0.4, 0.5) is 0 Å². The summed E-state index contributed by atoms with van der Waals surface area (Å²) in [5, 5.41) is 14.9. The van der Waals surface area contributed by atoms with Crippen LogP contribution >= 0.6 is 15.9 Å². The molecule has 0 saturated heterocycles. The number of halogens is 1. The zero-order valence-corrected chi connectivity index (χ0v) is 14.7. The summed E-state index contributed by atoms with van der Waals surface area (Å²) in [4.78, 5) is 12.0. The molecule has 0 fully saturated rings. The van der Waals surface area contributed by atoms with Gasteiger partial charge in [-0.05, 0) is 29.7 Å². The minimum atomic E-state index is -0.378. The summed E-state index contributed by atoms with van der Waals surface area (Å²) < 4.78 is 1.04. The molecule has 2 aromatic carbocycles. The number of nitrogens with zero attached hydrogens (tertiary/aromatic N) is 1. The van der Waals surface area contributed by atoms with Crippen LogP contribution in [0.1, 0.15) is 11.1 Å². The molecule has 0 radical (unpaired) electrons. The van der Waals surface area contributed by atoms with Crippen LogP contribution in [0.25, 0.3) is 0 Å². The number of nitrogens with one attached hydrogen (secondary N) is 2. The van der Waals surface area contributed by atoms with Crippen molar-refractivity contribution in [2.45, 2.75) is 13.0 Å². The fourth-order valence-electron chi connectivity index (χ4n) is 2.11. The molecule has 0 aliphatic carbocycles. The third-order valence-electron chi connectivity index (χ3n) is 3.35. The number of rotatable bonds is 7. The van der Waals surface area contributed by atoms with Gasteiger partial charge in [0.05, 0.1) is 0 Å². The predicted molar refractivity (Wildman–Crippen MR) is 97.8 cm³/mol. The highest BCUT2D eigenvalue weighted by atomic mass is 79.9. The summed E-state index contributed by atoms with van der Waals surface area (Å²) in [7, 11) is 0. The quantitative estimate of drug-likeness (QED) is 0.437. The molecule has 5 heteroatoms. The van der Waals surface area contributed by atoms with Crippen molar-refractivity contribution in [1.82, 2.24) is 10.6 Å². The zero-order valence-electron chi connectivity index (χ0n) is 13.1. The van der Waals surface area contributed by atoms with Crippen molar-refractivity contribution in [1.29, 1.82) is 5.26 Å². The molecule has 0 aliphatic rings. The van der Waals surface area contributed by atoms with E-state index in [1.54, 1.807) is 0 Å². The number of amides is 1. The Morgan fingerprint density at radius 3 is 2.58 bits per heavy atom. The first-order valence-electron chi connectivity index (χ1n) is 7.59. The van der Waals surface area contributed by atoms with E-state index in [2.05, 4.69) is 26.6 Å². The number of nitriles is 1. The Hall–Kier alpha value is -2.58. The molecule has 2 aromatic rings. The van der Waals surface area contributed by atoms with Crippen LogP contribution in [0, 0.1) is 11.3 Å². The van der Waals surface area contributed by atoms with Crippen molar-refractivity contribution in [3.8, 4) is 6.07 Å². The molecule has 0 unspecified atom stereocenters. The maximum atomic E-state index is 12.0. The van der Waals surface area contributed by atoms with Gasteiger partial charge in [0.1, 0.15) is 11.6 Å². The van der Waals surface area contributed by atoms with E-state index in [4.69, 9.17) is 5.26 Å². The van der Waals surface area contributed by atoms with Crippen LogP contribution in [0.3, 0.4) is 0 Å². The minimum Gasteiger partial charge on any atom is -0.389 e. The second-order valence-electron chi connectivity index (χ2n) is 5.17. The topological polar surface area (TPSA) is 64.9 Å². The number of benzene rings is 2. The Balaban J connectivity index is 1.80. The first kappa shape index (κ1) is 17.8. The van der Waals surface area contributed by atoms with Crippen molar-refractivity contribution < 1.29 is 4.79 Å². The number of carbonyl (C=O) groups excluding carboxylic acids is 1. The number of carbonyl (C=O) groups is 1. The van der Waals surface area contributed by atoms with Crippen molar-refractivity contribution in [2.75, 3.05) is 6.54 Å². The number of hydrogen-bond donors (Lipinski definition) is 2. The Labute approximate surface area is 150 Å². The third kappa shape index (κ3) is 5.90. The van der Waals surface area contributed by atoms with E-state index in [1.165, 1.54) is 11.8 Å². The lowest BCUT2D eigenvalue weighted by molar-refractivity contribution is -0.117. The van der Waals surface area contributed by atoms with E-state index in [1.807, 2.05) is 60.7 Å².